The molecular formula is C9H17NS. The third-order valence-electron chi connectivity index (χ3n) is 1.77. The molecule has 0 aliphatic heterocycles. The predicted octanol–water partition coefficient (Wildman–Crippen LogP) is 2.87. The normalized spacial score (nSPS) is 14.4. The largest absolute Gasteiger partial charge is 0.354 e. The molecule has 0 aromatic carbocycles. The van der Waals surface area contributed by atoms with Crippen molar-refractivity contribution < 1.29 is 0 Å². The van der Waals surface area contributed by atoms with Gasteiger partial charge in [-0.25, -0.2) is 0 Å². The molecule has 0 aliphatic carbocycles. The summed E-state index contributed by atoms with van der Waals surface area (Å²) in [6, 6.07) is 0. The van der Waals surface area contributed by atoms with Gasteiger partial charge in [0.05, 0.1) is 4.99 Å². The summed E-state index contributed by atoms with van der Waals surface area (Å²) in [5, 5.41) is 3.17. The Balaban J connectivity index is 4.08. The van der Waals surface area contributed by atoms with E-state index in [2.05, 4.69) is 25.2 Å². The van der Waals surface area contributed by atoms with Crippen LogP contribution in [0.15, 0.2) is 11.8 Å². The third kappa shape index (κ3) is 4.14. The second-order valence-corrected chi connectivity index (χ2v) is 3.35. The highest BCUT2D eigenvalue weighted by molar-refractivity contribution is 7.80. The molecule has 0 spiro atoms. The zero-order valence-electron chi connectivity index (χ0n) is 7.77. The lowest BCUT2D eigenvalue weighted by atomic mass is 10.1. The molecule has 1 nitrogen and oxygen atoms in total. The summed E-state index contributed by atoms with van der Waals surface area (Å²) in [7, 11) is 0. The molecule has 1 N–H and O–H groups in total. The molecule has 0 rings (SSSR count). The van der Waals surface area contributed by atoms with Crippen molar-refractivity contribution in [3.8, 4) is 0 Å². The summed E-state index contributed by atoms with van der Waals surface area (Å²) in [5.41, 5.74) is 1.24. The van der Waals surface area contributed by atoms with E-state index < -0.39 is 0 Å². The van der Waals surface area contributed by atoms with Crippen LogP contribution in [0, 0.1) is 5.92 Å². The summed E-state index contributed by atoms with van der Waals surface area (Å²) in [6.45, 7) is 8.31. The van der Waals surface area contributed by atoms with Crippen LogP contribution in [-0.4, -0.2) is 4.99 Å². The molecule has 1 atom stereocenters. The Morgan fingerprint density at radius 1 is 1.64 bits per heavy atom. The van der Waals surface area contributed by atoms with Crippen LogP contribution in [0.4, 0.5) is 0 Å². The zero-order chi connectivity index (χ0) is 8.85. The molecule has 2 heteroatoms. The Hall–Kier alpha value is -0.370. The van der Waals surface area contributed by atoms with Crippen LogP contribution in [0.1, 0.15) is 34.1 Å². The van der Waals surface area contributed by atoms with Crippen molar-refractivity contribution in [1.29, 1.82) is 0 Å². The van der Waals surface area contributed by atoms with Gasteiger partial charge in [0.25, 0.3) is 0 Å². The van der Waals surface area contributed by atoms with Gasteiger partial charge in [0.1, 0.15) is 0 Å². The van der Waals surface area contributed by atoms with Crippen molar-refractivity contribution >= 4 is 17.2 Å². The number of hydrogen-bond acceptors (Lipinski definition) is 1. The molecule has 0 aliphatic rings. The fourth-order valence-corrected chi connectivity index (χ4v) is 1.02. The molecule has 0 aromatic rings. The summed E-state index contributed by atoms with van der Waals surface area (Å²) >= 11 is 4.95. The van der Waals surface area contributed by atoms with Gasteiger partial charge in [-0.2, -0.15) is 0 Å². The Kier molecular flexibility index (Phi) is 5.12. The Labute approximate surface area is 74.9 Å². The van der Waals surface area contributed by atoms with Gasteiger partial charge in [-0.3, -0.25) is 0 Å². The maximum atomic E-state index is 4.95. The van der Waals surface area contributed by atoms with Gasteiger partial charge in [0.2, 0.25) is 0 Å². The molecule has 0 saturated heterocycles. The SMILES string of the molecule is C/C=C(\NC(C)=S)C(C)CC. The van der Waals surface area contributed by atoms with Crippen LogP contribution in [0.2, 0.25) is 0 Å². The first-order valence-electron chi connectivity index (χ1n) is 4.05. The van der Waals surface area contributed by atoms with E-state index in [4.69, 9.17) is 12.2 Å². The van der Waals surface area contributed by atoms with Crippen LogP contribution < -0.4 is 5.32 Å². The number of rotatable bonds is 3. The van der Waals surface area contributed by atoms with Gasteiger partial charge in [-0.15, -0.1) is 0 Å². The summed E-state index contributed by atoms with van der Waals surface area (Å²) in [4.78, 5) is 0.846. The maximum Gasteiger partial charge on any atom is 0.0763 e. The van der Waals surface area contributed by atoms with Gasteiger partial charge >= 0.3 is 0 Å². The first-order chi connectivity index (χ1) is 5.11. The summed E-state index contributed by atoms with van der Waals surface area (Å²) in [6.07, 6.45) is 3.24. The van der Waals surface area contributed by atoms with E-state index in [1.54, 1.807) is 0 Å². The van der Waals surface area contributed by atoms with E-state index in [0.29, 0.717) is 5.92 Å². The predicted molar refractivity (Wildman–Crippen MR) is 54.6 cm³/mol. The van der Waals surface area contributed by atoms with Crippen LogP contribution in [-0.2, 0) is 0 Å². The topological polar surface area (TPSA) is 12.0 Å². The van der Waals surface area contributed by atoms with Crippen molar-refractivity contribution in [1.82, 2.24) is 5.32 Å². The van der Waals surface area contributed by atoms with Crippen molar-refractivity contribution in [3.05, 3.63) is 11.8 Å². The van der Waals surface area contributed by atoms with Crippen LogP contribution >= 0.6 is 12.2 Å². The molecular weight excluding hydrogens is 154 g/mol. The minimum atomic E-state index is 0.581. The highest BCUT2D eigenvalue weighted by atomic mass is 32.1. The van der Waals surface area contributed by atoms with Crippen LogP contribution in [0.3, 0.4) is 0 Å². The highest BCUT2D eigenvalue weighted by Gasteiger charge is 2.04. The smallest absolute Gasteiger partial charge is 0.0763 e. The van der Waals surface area contributed by atoms with Crippen molar-refractivity contribution in [2.75, 3.05) is 0 Å². The van der Waals surface area contributed by atoms with Gasteiger partial charge in [0.15, 0.2) is 0 Å². The molecule has 11 heavy (non-hydrogen) atoms. The molecule has 0 amide bonds. The standard InChI is InChI=1S/C9H17NS/c1-5-7(3)9(6-2)10-8(4)11/h6-7H,5H2,1-4H3,(H,10,11)/b9-6-. The number of hydrogen-bond donors (Lipinski definition) is 1. The molecule has 0 heterocycles. The lowest BCUT2D eigenvalue weighted by molar-refractivity contribution is 0.628. The summed E-state index contributed by atoms with van der Waals surface area (Å²) < 4.78 is 0. The lowest BCUT2D eigenvalue weighted by Crippen LogP contribution is -2.21. The number of thiocarbonyl (C=S) groups is 1. The molecule has 0 fully saturated rings. The molecule has 0 saturated carbocycles. The maximum absolute atomic E-state index is 4.95. The molecule has 1 unspecified atom stereocenters. The van der Waals surface area contributed by atoms with Gasteiger partial charge in [-0.05, 0) is 26.2 Å². The van der Waals surface area contributed by atoms with E-state index in [0.717, 1.165) is 11.4 Å². The van der Waals surface area contributed by atoms with E-state index in [9.17, 15) is 0 Å². The number of allylic oxidation sites excluding steroid dienone is 2. The molecule has 0 bridgehead atoms. The average molecular weight is 171 g/mol. The highest BCUT2D eigenvalue weighted by Crippen LogP contribution is 2.10. The van der Waals surface area contributed by atoms with Crippen LogP contribution in [0.25, 0.3) is 0 Å². The first kappa shape index (κ1) is 10.6. The van der Waals surface area contributed by atoms with Crippen molar-refractivity contribution in [2.45, 2.75) is 34.1 Å². The van der Waals surface area contributed by atoms with Crippen molar-refractivity contribution in [2.24, 2.45) is 5.92 Å². The van der Waals surface area contributed by atoms with Gasteiger partial charge in [-0.1, -0.05) is 32.1 Å². The number of nitrogens with one attached hydrogen (secondary N) is 1. The van der Waals surface area contributed by atoms with E-state index in [1.165, 1.54) is 5.70 Å². The molecule has 0 radical (unpaired) electrons. The van der Waals surface area contributed by atoms with E-state index >= 15 is 0 Å². The monoisotopic (exact) mass is 171 g/mol. The quantitative estimate of drug-likeness (QED) is 0.655. The van der Waals surface area contributed by atoms with E-state index in [-0.39, 0.29) is 0 Å². The Morgan fingerprint density at radius 2 is 2.18 bits per heavy atom. The second kappa shape index (κ2) is 5.30. The molecule has 64 valence electrons. The Morgan fingerprint density at radius 3 is 2.45 bits per heavy atom. The van der Waals surface area contributed by atoms with Gasteiger partial charge in [0, 0.05) is 5.70 Å². The fourth-order valence-electron chi connectivity index (χ4n) is 0.903. The zero-order valence-corrected chi connectivity index (χ0v) is 8.59. The third-order valence-corrected chi connectivity index (χ3v) is 1.88. The average Bonchev–Trinajstić information content (AvgIpc) is 1.98. The van der Waals surface area contributed by atoms with Crippen LogP contribution in [0.5, 0.6) is 0 Å². The minimum Gasteiger partial charge on any atom is -0.354 e. The van der Waals surface area contributed by atoms with E-state index in [1.807, 2.05) is 13.8 Å². The fraction of sp³-hybridized carbons (Fsp3) is 0.667. The van der Waals surface area contributed by atoms with Gasteiger partial charge < -0.3 is 5.32 Å². The lowest BCUT2D eigenvalue weighted by Gasteiger charge is -2.14. The molecule has 0 aromatic heterocycles. The Bertz CT molecular complexity index is 161. The second-order valence-electron chi connectivity index (χ2n) is 2.73. The summed E-state index contributed by atoms with van der Waals surface area (Å²) in [5.74, 6) is 0.581. The first-order valence-corrected chi connectivity index (χ1v) is 4.46. The van der Waals surface area contributed by atoms with Crippen molar-refractivity contribution in [3.63, 3.8) is 0 Å². The minimum absolute atomic E-state index is 0.581.